The van der Waals surface area contributed by atoms with E-state index in [1.54, 1.807) is 11.8 Å². The number of carbonyl (C=O) groups is 1. The molecule has 2 N–H and O–H groups in total. The molecule has 1 amide bonds. The highest BCUT2D eigenvalue weighted by molar-refractivity contribution is 7.98. The van der Waals surface area contributed by atoms with Crippen LogP contribution in [0.15, 0.2) is 0 Å². The molecule has 1 heterocycles. The molecule has 0 radical (unpaired) electrons. The van der Waals surface area contributed by atoms with Crippen molar-refractivity contribution >= 4 is 17.7 Å². The summed E-state index contributed by atoms with van der Waals surface area (Å²) in [6.07, 6.45) is 2.82. The standard InChI is InChI=1S/C13H27N3OS/c1-13(2,3)16-8-6-15(7-9-16)12(17)11(14)5-10-18-4/h11H,5-10,14H2,1-4H3/t11-/m1/s1. The first-order chi connectivity index (χ1) is 8.36. The molecular weight excluding hydrogens is 246 g/mol. The largest absolute Gasteiger partial charge is 0.339 e. The maximum Gasteiger partial charge on any atom is 0.239 e. The number of thioether (sulfide) groups is 1. The third kappa shape index (κ3) is 4.44. The lowest BCUT2D eigenvalue weighted by molar-refractivity contribution is -0.135. The van der Waals surface area contributed by atoms with Gasteiger partial charge in [-0.2, -0.15) is 11.8 Å². The van der Waals surface area contributed by atoms with Crippen LogP contribution in [-0.4, -0.2) is 65.5 Å². The fourth-order valence-electron chi connectivity index (χ4n) is 2.20. The zero-order chi connectivity index (χ0) is 13.8. The van der Waals surface area contributed by atoms with E-state index in [1.807, 2.05) is 11.2 Å². The molecule has 0 aliphatic carbocycles. The fraction of sp³-hybridized carbons (Fsp3) is 0.923. The van der Waals surface area contributed by atoms with Gasteiger partial charge >= 0.3 is 0 Å². The summed E-state index contributed by atoms with van der Waals surface area (Å²) in [5.41, 5.74) is 6.13. The van der Waals surface area contributed by atoms with Crippen LogP contribution in [0.5, 0.6) is 0 Å². The summed E-state index contributed by atoms with van der Waals surface area (Å²) >= 11 is 1.74. The minimum Gasteiger partial charge on any atom is -0.339 e. The SMILES string of the molecule is CSCC[C@@H](N)C(=O)N1CCN(C(C)(C)C)CC1. The average molecular weight is 273 g/mol. The molecule has 1 aliphatic heterocycles. The van der Waals surface area contributed by atoms with Gasteiger partial charge in [0.05, 0.1) is 6.04 Å². The van der Waals surface area contributed by atoms with Crippen molar-refractivity contribution in [1.82, 2.24) is 9.80 Å². The van der Waals surface area contributed by atoms with Crippen molar-refractivity contribution in [2.45, 2.75) is 38.8 Å². The molecule has 1 aliphatic rings. The van der Waals surface area contributed by atoms with Crippen molar-refractivity contribution in [1.29, 1.82) is 0 Å². The fourth-order valence-corrected chi connectivity index (χ4v) is 2.69. The maximum atomic E-state index is 12.1. The minimum atomic E-state index is -0.321. The molecule has 18 heavy (non-hydrogen) atoms. The summed E-state index contributed by atoms with van der Waals surface area (Å²) in [7, 11) is 0. The van der Waals surface area contributed by atoms with Crippen molar-refractivity contribution in [3.63, 3.8) is 0 Å². The Kier molecular flexibility index (Phi) is 5.95. The molecule has 5 heteroatoms. The first-order valence-corrected chi connectivity index (χ1v) is 8.04. The lowest BCUT2D eigenvalue weighted by Crippen LogP contribution is -2.57. The molecular formula is C13H27N3OS. The summed E-state index contributed by atoms with van der Waals surface area (Å²) < 4.78 is 0. The van der Waals surface area contributed by atoms with Gasteiger partial charge in [-0.15, -0.1) is 0 Å². The van der Waals surface area contributed by atoms with Gasteiger partial charge in [-0.25, -0.2) is 0 Å². The summed E-state index contributed by atoms with van der Waals surface area (Å²) in [6, 6.07) is -0.321. The van der Waals surface area contributed by atoms with E-state index in [9.17, 15) is 4.79 Å². The first-order valence-electron chi connectivity index (χ1n) is 6.64. The second kappa shape index (κ2) is 6.78. The van der Waals surface area contributed by atoms with Crippen LogP contribution in [0.1, 0.15) is 27.2 Å². The average Bonchev–Trinajstić information content (AvgIpc) is 2.34. The van der Waals surface area contributed by atoms with Crippen molar-refractivity contribution in [2.75, 3.05) is 38.2 Å². The van der Waals surface area contributed by atoms with Gasteiger partial charge in [-0.3, -0.25) is 9.69 Å². The summed E-state index contributed by atoms with van der Waals surface area (Å²) in [6.45, 7) is 10.2. The zero-order valence-electron chi connectivity index (χ0n) is 12.1. The molecule has 0 aromatic heterocycles. The molecule has 106 valence electrons. The number of piperazine rings is 1. The predicted octanol–water partition coefficient (Wildman–Crippen LogP) is 1.01. The molecule has 0 bridgehead atoms. The van der Waals surface area contributed by atoms with Gasteiger partial charge in [-0.05, 0) is 39.2 Å². The Hall–Kier alpha value is -0.260. The number of nitrogens with two attached hydrogens (primary N) is 1. The smallest absolute Gasteiger partial charge is 0.239 e. The van der Waals surface area contributed by atoms with Gasteiger partial charge in [-0.1, -0.05) is 0 Å². The lowest BCUT2D eigenvalue weighted by atomic mass is 10.0. The lowest BCUT2D eigenvalue weighted by Gasteiger charge is -2.42. The zero-order valence-corrected chi connectivity index (χ0v) is 12.9. The second-order valence-electron chi connectivity index (χ2n) is 5.87. The van der Waals surface area contributed by atoms with Crippen LogP contribution in [0.25, 0.3) is 0 Å². The van der Waals surface area contributed by atoms with Gasteiger partial charge in [0.15, 0.2) is 0 Å². The minimum absolute atomic E-state index is 0.123. The van der Waals surface area contributed by atoms with E-state index in [1.165, 1.54) is 0 Å². The van der Waals surface area contributed by atoms with Crippen LogP contribution in [0, 0.1) is 0 Å². The van der Waals surface area contributed by atoms with Gasteiger partial charge in [0.1, 0.15) is 0 Å². The van der Waals surface area contributed by atoms with Crippen LogP contribution >= 0.6 is 11.8 Å². The second-order valence-corrected chi connectivity index (χ2v) is 6.86. The normalized spacial score (nSPS) is 19.9. The summed E-state index contributed by atoms with van der Waals surface area (Å²) in [5, 5.41) is 0. The van der Waals surface area contributed by atoms with E-state index in [-0.39, 0.29) is 17.5 Å². The van der Waals surface area contributed by atoms with Crippen LogP contribution in [0.2, 0.25) is 0 Å². The van der Waals surface area contributed by atoms with Crippen molar-refractivity contribution < 1.29 is 4.79 Å². The third-order valence-corrected chi connectivity index (χ3v) is 4.13. The van der Waals surface area contributed by atoms with Crippen LogP contribution in [0.3, 0.4) is 0 Å². The highest BCUT2D eigenvalue weighted by Crippen LogP contribution is 2.16. The number of rotatable bonds is 4. The Morgan fingerprint density at radius 2 is 1.83 bits per heavy atom. The monoisotopic (exact) mass is 273 g/mol. The molecule has 1 saturated heterocycles. The summed E-state index contributed by atoms with van der Waals surface area (Å²) in [5.74, 6) is 1.08. The van der Waals surface area contributed by atoms with Crippen LogP contribution < -0.4 is 5.73 Å². The molecule has 0 aromatic carbocycles. The molecule has 0 unspecified atom stereocenters. The Bertz CT molecular complexity index is 270. The highest BCUT2D eigenvalue weighted by Gasteiger charge is 2.29. The number of nitrogens with zero attached hydrogens (tertiary/aromatic N) is 2. The Morgan fingerprint density at radius 3 is 2.28 bits per heavy atom. The van der Waals surface area contributed by atoms with Crippen molar-refractivity contribution in [3.05, 3.63) is 0 Å². The molecule has 4 nitrogen and oxygen atoms in total. The summed E-state index contributed by atoms with van der Waals surface area (Å²) in [4.78, 5) is 16.5. The molecule has 0 saturated carbocycles. The Morgan fingerprint density at radius 1 is 1.28 bits per heavy atom. The van der Waals surface area contributed by atoms with Gasteiger partial charge in [0.25, 0.3) is 0 Å². The van der Waals surface area contributed by atoms with Gasteiger partial charge in [0.2, 0.25) is 5.91 Å². The Balaban J connectivity index is 2.40. The topological polar surface area (TPSA) is 49.6 Å². The van der Waals surface area contributed by atoms with Crippen LogP contribution in [-0.2, 0) is 4.79 Å². The maximum absolute atomic E-state index is 12.1. The number of amides is 1. The molecule has 1 fully saturated rings. The number of carbonyl (C=O) groups excluding carboxylic acids is 1. The molecule has 1 atom stereocenters. The molecule has 0 aromatic rings. The van der Waals surface area contributed by atoms with Crippen molar-refractivity contribution in [3.8, 4) is 0 Å². The van der Waals surface area contributed by atoms with E-state index in [0.29, 0.717) is 0 Å². The van der Waals surface area contributed by atoms with E-state index in [2.05, 4.69) is 25.7 Å². The van der Waals surface area contributed by atoms with E-state index >= 15 is 0 Å². The van der Waals surface area contributed by atoms with Crippen molar-refractivity contribution in [2.24, 2.45) is 5.73 Å². The van der Waals surface area contributed by atoms with Gasteiger partial charge < -0.3 is 10.6 Å². The van der Waals surface area contributed by atoms with Gasteiger partial charge in [0, 0.05) is 31.7 Å². The third-order valence-electron chi connectivity index (χ3n) is 3.49. The Labute approximate surface area is 115 Å². The highest BCUT2D eigenvalue weighted by atomic mass is 32.2. The first kappa shape index (κ1) is 15.8. The molecule has 1 rings (SSSR count). The van der Waals surface area contributed by atoms with E-state index in [0.717, 1.165) is 38.4 Å². The van der Waals surface area contributed by atoms with E-state index < -0.39 is 0 Å². The van der Waals surface area contributed by atoms with E-state index in [4.69, 9.17) is 5.73 Å². The number of hydrogen-bond donors (Lipinski definition) is 1. The molecule has 0 spiro atoms. The number of hydrogen-bond acceptors (Lipinski definition) is 4. The van der Waals surface area contributed by atoms with Crippen LogP contribution in [0.4, 0.5) is 0 Å². The predicted molar refractivity (Wildman–Crippen MR) is 78.9 cm³/mol. The quantitative estimate of drug-likeness (QED) is 0.830.